The summed E-state index contributed by atoms with van der Waals surface area (Å²) in [6.45, 7) is 0. The van der Waals surface area contributed by atoms with Crippen molar-refractivity contribution in [3.63, 3.8) is 0 Å². The minimum absolute atomic E-state index is 0.0446. The molecule has 0 atom stereocenters. The molecule has 1 aromatic carbocycles. The Labute approximate surface area is 78.5 Å². The number of carbonyl (C=O) groups is 1. The second-order valence-electron chi connectivity index (χ2n) is 2.97. The lowest BCUT2D eigenvalue weighted by Gasteiger charge is -1.98. The van der Waals surface area contributed by atoms with E-state index >= 15 is 0 Å². The van der Waals surface area contributed by atoms with Crippen LogP contribution in [0.2, 0.25) is 0 Å². The van der Waals surface area contributed by atoms with Crippen LogP contribution in [0.15, 0.2) is 24.4 Å². The van der Waals surface area contributed by atoms with Gasteiger partial charge in [0.15, 0.2) is 6.29 Å². The molecule has 2 rings (SSSR count). The van der Waals surface area contributed by atoms with Crippen LogP contribution in [0.25, 0.3) is 10.9 Å². The Morgan fingerprint density at radius 3 is 2.79 bits per heavy atom. The number of aromatic amines is 1. The van der Waals surface area contributed by atoms with Crippen molar-refractivity contribution in [1.82, 2.24) is 4.98 Å². The van der Waals surface area contributed by atoms with Crippen molar-refractivity contribution >= 4 is 17.2 Å². The van der Waals surface area contributed by atoms with Gasteiger partial charge in [0, 0.05) is 28.2 Å². The third-order valence-electron chi connectivity index (χ3n) is 2.12. The Balaban J connectivity index is 2.63. The molecule has 1 aromatic heterocycles. The number of benzene rings is 1. The molecule has 2 aromatic rings. The van der Waals surface area contributed by atoms with Crippen molar-refractivity contribution in [2.24, 2.45) is 0 Å². The summed E-state index contributed by atoms with van der Waals surface area (Å²) in [5, 5.41) is 0.671. The van der Waals surface area contributed by atoms with Gasteiger partial charge in [0.25, 0.3) is 6.43 Å². The molecule has 0 aliphatic rings. The third-order valence-corrected chi connectivity index (χ3v) is 2.12. The van der Waals surface area contributed by atoms with E-state index in [1.807, 2.05) is 0 Å². The number of alkyl halides is 2. The van der Waals surface area contributed by atoms with Crippen LogP contribution in [0.4, 0.5) is 8.78 Å². The maximum Gasteiger partial charge on any atom is 0.263 e. The van der Waals surface area contributed by atoms with Gasteiger partial charge in [-0.1, -0.05) is 12.1 Å². The summed E-state index contributed by atoms with van der Waals surface area (Å²) in [5.41, 5.74) is 1.00. The van der Waals surface area contributed by atoms with Gasteiger partial charge in [-0.25, -0.2) is 8.78 Å². The van der Waals surface area contributed by atoms with Crippen LogP contribution in [-0.4, -0.2) is 11.3 Å². The number of aldehydes is 1. The fourth-order valence-electron chi connectivity index (χ4n) is 1.40. The Morgan fingerprint density at radius 1 is 1.36 bits per heavy atom. The average Bonchev–Trinajstić information content (AvgIpc) is 2.59. The summed E-state index contributed by atoms with van der Waals surface area (Å²) in [6.07, 6.45) is -0.282. The lowest BCUT2D eigenvalue weighted by Crippen LogP contribution is -1.83. The van der Waals surface area contributed by atoms with E-state index in [-0.39, 0.29) is 5.56 Å². The molecular weight excluding hydrogens is 188 g/mol. The molecule has 4 heteroatoms. The van der Waals surface area contributed by atoms with Crippen LogP contribution in [0.5, 0.6) is 0 Å². The van der Waals surface area contributed by atoms with Crippen molar-refractivity contribution in [2.75, 3.05) is 0 Å². The molecule has 0 bridgehead atoms. The molecule has 0 aliphatic heterocycles. The van der Waals surface area contributed by atoms with Crippen LogP contribution in [0.1, 0.15) is 22.3 Å². The van der Waals surface area contributed by atoms with Gasteiger partial charge in [-0.2, -0.15) is 0 Å². The normalized spacial score (nSPS) is 11.1. The maximum atomic E-state index is 12.3. The van der Waals surface area contributed by atoms with Crippen LogP contribution >= 0.6 is 0 Å². The maximum absolute atomic E-state index is 12.3. The van der Waals surface area contributed by atoms with Crippen LogP contribution in [-0.2, 0) is 0 Å². The number of nitrogens with one attached hydrogen (secondary N) is 1. The van der Waals surface area contributed by atoms with Gasteiger partial charge < -0.3 is 4.98 Å². The van der Waals surface area contributed by atoms with Crippen LogP contribution in [0, 0.1) is 0 Å². The Kier molecular flexibility index (Phi) is 2.04. The number of carbonyl (C=O) groups excluding carboxylic acids is 1. The SMILES string of the molecule is O=Cc1c[nH]c2cc(C(F)F)ccc12. The Bertz CT molecular complexity index is 476. The first-order valence-corrected chi connectivity index (χ1v) is 4.06. The second-order valence-corrected chi connectivity index (χ2v) is 2.97. The summed E-state index contributed by atoms with van der Waals surface area (Å²) >= 11 is 0. The van der Waals surface area contributed by atoms with E-state index in [1.54, 1.807) is 0 Å². The number of fused-ring (bicyclic) bond motifs is 1. The molecule has 0 spiro atoms. The van der Waals surface area contributed by atoms with Crippen molar-refractivity contribution in [3.8, 4) is 0 Å². The van der Waals surface area contributed by atoms with Gasteiger partial charge in [-0.3, -0.25) is 4.79 Å². The van der Waals surface area contributed by atoms with Gasteiger partial charge in [0.1, 0.15) is 0 Å². The zero-order valence-electron chi connectivity index (χ0n) is 7.13. The number of halogens is 2. The summed E-state index contributed by atoms with van der Waals surface area (Å²) in [6, 6.07) is 4.21. The summed E-state index contributed by atoms with van der Waals surface area (Å²) in [7, 11) is 0. The van der Waals surface area contributed by atoms with Crippen molar-refractivity contribution in [1.29, 1.82) is 0 Å². The van der Waals surface area contributed by atoms with Crippen molar-refractivity contribution in [3.05, 3.63) is 35.5 Å². The molecule has 0 fully saturated rings. The zero-order chi connectivity index (χ0) is 10.1. The Hall–Kier alpha value is -1.71. The van der Waals surface area contributed by atoms with Crippen LogP contribution < -0.4 is 0 Å². The standard InChI is InChI=1S/C10H7F2NO/c11-10(12)6-1-2-8-7(5-14)4-13-9(8)3-6/h1-5,10,13H. The minimum Gasteiger partial charge on any atom is -0.360 e. The average molecular weight is 195 g/mol. The zero-order valence-corrected chi connectivity index (χ0v) is 7.13. The van der Waals surface area contributed by atoms with E-state index in [0.29, 0.717) is 22.8 Å². The first-order chi connectivity index (χ1) is 6.72. The molecule has 2 nitrogen and oxygen atoms in total. The first kappa shape index (κ1) is 8.87. The highest BCUT2D eigenvalue weighted by Gasteiger charge is 2.09. The van der Waals surface area contributed by atoms with E-state index in [9.17, 15) is 13.6 Å². The number of H-pyrrole nitrogens is 1. The first-order valence-electron chi connectivity index (χ1n) is 4.06. The smallest absolute Gasteiger partial charge is 0.263 e. The van der Waals surface area contributed by atoms with E-state index < -0.39 is 6.43 Å². The van der Waals surface area contributed by atoms with E-state index in [4.69, 9.17) is 0 Å². The van der Waals surface area contributed by atoms with Gasteiger partial charge in [-0.05, 0) is 6.07 Å². The number of hydrogen-bond donors (Lipinski definition) is 1. The fraction of sp³-hybridized carbons (Fsp3) is 0.100. The number of hydrogen-bond acceptors (Lipinski definition) is 1. The lowest BCUT2D eigenvalue weighted by atomic mass is 10.1. The van der Waals surface area contributed by atoms with E-state index in [2.05, 4.69) is 4.98 Å². The van der Waals surface area contributed by atoms with Crippen molar-refractivity contribution < 1.29 is 13.6 Å². The highest BCUT2D eigenvalue weighted by Crippen LogP contribution is 2.24. The molecule has 72 valence electrons. The van der Waals surface area contributed by atoms with Crippen LogP contribution in [0.3, 0.4) is 0 Å². The predicted octanol–water partition coefficient (Wildman–Crippen LogP) is 2.92. The minimum atomic E-state index is -2.48. The topological polar surface area (TPSA) is 32.9 Å². The molecule has 1 N–H and O–H groups in total. The van der Waals surface area contributed by atoms with Gasteiger partial charge in [0.05, 0.1) is 0 Å². The molecule has 14 heavy (non-hydrogen) atoms. The summed E-state index contributed by atoms with van der Waals surface area (Å²) < 4.78 is 24.6. The molecule has 1 heterocycles. The molecule has 0 unspecified atom stereocenters. The quantitative estimate of drug-likeness (QED) is 0.734. The molecular formula is C10H7F2NO. The molecule has 0 saturated heterocycles. The largest absolute Gasteiger partial charge is 0.360 e. The van der Waals surface area contributed by atoms with Crippen molar-refractivity contribution in [2.45, 2.75) is 6.43 Å². The molecule has 0 amide bonds. The van der Waals surface area contributed by atoms with Gasteiger partial charge >= 0.3 is 0 Å². The highest BCUT2D eigenvalue weighted by atomic mass is 19.3. The highest BCUT2D eigenvalue weighted by molar-refractivity contribution is 5.97. The molecule has 0 radical (unpaired) electrons. The van der Waals surface area contributed by atoms with E-state index in [1.165, 1.54) is 24.4 Å². The summed E-state index contributed by atoms with van der Waals surface area (Å²) in [4.78, 5) is 13.3. The van der Waals surface area contributed by atoms with Gasteiger partial charge in [-0.15, -0.1) is 0 Å². The number of aromatic nitrogens is 1. The third kappa shape index (κ3) is 1.28. The summed E-state index contributed by atoms with van der Waals surface area (Å²) in [5.74, 6) is 0. The molecule has 0 aliphatic carbocycles. The monoisotopic (exact) mass is 195 g/mol. The second kappa shape index (κ2) is 3.21. The predicted molar refractivity (Wildman–Crippen MR) is 48.6 cm³/mol. The fourth-order valence-corrected chi connectivity index (χ4v) is 1.40. The molecule has 0 saturated carbocycles. The lowest BCUT2D eigenvalue weighted by molar-refractivity contribution is 0.112. The number of rotatable bonds is 2. The van der Waals surface area contributed by atoms with E-state index in [0.717, 1.165) is 0 Å². The Morgan fingerprint density at radius 2 is 2.14 bits per heavy atom. The van der Waals surface area contributed by atoms with Gasteiger partial charge in [0.2, 0.25) is 0 Å².